The van der Waals surface area contributed by atoms with Crippen molar-refractivity contribution in [2.24, 2.45) is 0 Å². The summed E-state index contributed by atoms with van der Waals surface area (Å²) in [5.74, 6) is -0.235. The minimum Gasteiger partial charge on any atom is -0.345 e. The van der Waals surface area contributed by atoms with Crippen LogP contribution in [0.3, 0.4) is 0 Å². The Morgan fingerprint density at radius 3 is 2.78 bits per heavy atom. The van der Waals surface area contributed by atoms with Crippen molar-refractivity contribution in [3.8, 4) is 11.3 Å². The van der Waals surface area contributed by atoms with E-state index in [2.05, 4.69) is 29.0 Å². The Bertz CT molecular complexity index is 961. The molecule has 0 aliphatic rings. The van der Waals surface area contributed by atoms with Gasteiger partial charge >= 0.3 is 0 Å². The number of fused-ring (bicyclic) bond motifs is 1. The van der Waals surface area contributed by atoms with Crippen LogP contribution in [0.15, 0.2) is 49.1 Å². The van der Waals surface area contributed by atoms with Gasteiger partial charge in [-0.15, -0.1) is 0 Å². The molecular weight excluding hydrogens is 312 g/mol. The molecule has 2 N–H and O–H groups in total. The predicted octanol–water partition coefficient (Wildman–Crippen LogP) is 2.73. The molecule has 4 aromatic rings. The zero-order valence-corrected chi connectivity index (χ0v) is 12.5. The Hall–Kier alpha value is -3.13. The lowest BCUT2D eigenvalue weighted by Crippen LogP contribution is -2.12. The maximum atomic E-state index is 12.3. The fourth-order valence-electron chi connectivity index (χ4n) is 2.16. The molecule has 1 amide bonds. The number of amides is 1. The number of benzene rings is 1. The molecule has 0 aliphatic heterocycles. The van der Waals surface area contributed by atoms with Crippen LogP contribution in [0.1, 0.15) is 10.4 Å². The Balaban J connectivity index is 1.53. The average Bonchev–Trinajstić information content (AvgIpc) is 3.26. The molecule has 7 nitrogen and oxygen atoms in total. The molecule has 0 radical (unpaired) electrons. The van der Waals surface area contributed by atoms with Gasteiger partial charge in [0.05, 0.1) is 35.5 Å². The van der Waals surface area contributed by atoms with E-state index in [0.29, 0.717) is 22.4 Å². The highest BCUT2D eigenvalue weighted by Crippen LogP contribution is 2.19. The fourth-order valence-corrected chi connectivity index (χ4v) is 2.64. The lowest BCUT2D eigenvalue weighted by molar-refractivity contribution is 0.102. The van der Waals surface area contributed by atoms with Gasteiger partial charge in [-0.1, -0.05) is 12.1 Å². The fraction of sp³-hybridized carbons (Fsp3) is 0. The normalized spacial score (nSPS) is 10.8. The molecule has 3 heterocycles. The van der Waals surface area contributed by atoms with Crippen molar-refractivity contribution in [3.05, 3.63) is 54.6 Å². The van der Waals surface area contributed by atoms with Crippen LogP contribution in [-0.2, 0) is 0 Å². The molecule has 0 spiro atoms. The highest BCUT2D eigenvalue weighted by molar-refractivity contribution is 7.00. The summed E-state index contributed by atoms with van der Waals surface area (Å²) in [5, 5.41) is 2.84. The molecular formula is C15H10N6OS. The first kappa shape index (κ1) is 13.5. The van der Waals surface area contributed by atoms with Gasteiger partial charge in [0.25, 0.3) is 5.91 Å². The third-order valence-corrected chi connectivity index (χ3v) is 3.86. The molecule has 4 rings (SSSR count). The Labute approximate surface area is 134 Å². The van der Waals surface area contributed by atoms with Crippen LogP contribution in [0.2, 0.25) is 0 Å². The summed E-state index contributed by atoms with van der Waals surface area (Å²) in [6.07, 6.45) is 4.87. The molecule has 0 saturated heterocycles. The minimum absolute atomic E-state index is 0.235. The Morgan fingerprint density at radius 1 is 1.13 bits per heavy atom. The Kier molecular flexibility index (Phi) is 3.28. The van der Waals surface area contributed by atoms with E-state index in [4.69, 9.17) is 0 Å². The van der Waals surface area contributed by atoms with E-state index >= 15 is 0 Å². The number of anilines is 1. The highest BCUT2D eigenvalue weighted by atomic mass is 32.1. The van der Waals surface area contributed by atoms with Crippen molar-refractivity contribution in [2.45, 2.75) is 0 Å². The third-order valence-electron chi connectivity index (χ3n) is 3.33. The zero-order chi connectivity index (χ0) is 15.6. The van der Waals surface area contributed by atoms with E-state index in [1.165, 1.54) is 6.20 Å². The summed E-state index contributed by atoms with van der Waals surface area (Å²) in [7, 11) is 0. The van der Waals surface area contributed by atoms with Crippen molar-refractivity contribution in [1.29, 1.82) is 0 Å². The molecule has 0 bridgehead atoms. The third kappa shape index (κ3) is 2.67. The minimum atomic E-state index is -0.235. The van der Waals surface area contributed by atoms with Crippen LogP contribution < -0.4 is 5.32 Å². The van der Waals surface area contributed by atoms with Gasteiger partial charge in [-0.3, -0.25) is 4.79 Å². The maximum Gasteiger partial charge on any atom is 0.257 e. The topological polar surface area (TPSA) is 96.5 Å². The number of hydrogen-bond donors (Lipinski definition) is 2. The van der Waals surface area contributed by atoms with E-state index < -0.39 is 0 Å². The first-order chi connectivity index (χ1) is 11.3. The number of hydrogen-bond acceptors (Lipinski definition) is 6. The molecule has 3 aromatic heterocycles. The van der Waals surface area contributed by atoms with Crippen molar-refractivity contribution in [2.75, 3.05) is 5.32 Å². The van der Waals surface area contributed by atoms with E-state index in [-0.39, 0.29) is 5.91 Å². The van der Waals surface area contributed by atoms with Gasteiger partial charge in [-0.25, -0.2) is 9.97 Å². The molecule has 0 aliphatic carbocycles. The summed E-state index contributed by atoms with van der Waals surface area (Å²) in [6.45, 7) is 0. The number of imidazole rings is 1. The SMILES string of the molecule is O=C(Nc1ccc(-c2cnc[nH]2)cc1)c1cnc2nsnc2c1. The smallest absolute Gasteiger partial charge is 0.257 e. The number of H-pyrrole nitrogens is 1. The van der Waals surface area contributed by atoms with Crippen LogP contribution in [0.5, 0.6) is 0 Å². The second-order valence-corrected chi connectivity index (χ2v) is 5.36. The zero-order valence-electron chi connectivity index (χ0n) is 11.7. The van der Waals surface area contributed by atoms with Gasteiger partial charge in [0.15, 0.2) is 5.65 Å². The van der Waals surface area contributed by atoms with Crippen molar-refractivity contribution in [1.82, 2.24) is 23.7 Å². The summed E-state index contributed by atoms with van der Waals surface area (Å²) in [6, 6.07) is 9.18. The van der Waals surface area contributed by atoms with Gasteiger partial charge in [0.1, 0.15) is 5.52 Å². The van der Waals surface area contributed by atoms with Crippen LogP contribution in [0.25, 0.3) is 22.4 Å². The molecule has 8 heteroatoms. The van der Waals surface area contributed by atoms with Crippen LogP contribution in [-0.4, -0.2) is 29.6 Å². The maximum absolute atomic E-state index is 12.3. The number of pyridine rings is 1. The van der Waals surface area contributed by atoms with Crippen LogP contribution >= 0.6 is 11.7 Å². The number of aromatic nitrogens is 5. The second kappa shape index (κ2) is 5.58. The predicted molar refractivity (Wildman–Crippen MR) is 87.2 cm³/mol. The lowest BCUT2D eigenvalue weighted by Gasteiger charge is -2.06. The number of carbonyl (C=O) groups excluding carboxylic acids is 1. The van der Waals surface area contributed by atoms with E-state index in [1.807, 2.05) is 24.3 Å². The van der Waals surface area contributed by atoms with Crippen molar-refractivity contribution in [3.63, 3.8) is 0 Å². The summed E-state index contributed by atoms with van der Waals surface area (Å²) >= 11 is 1.08. The number of nitrogens with one attached hydrogen (secondary N) is 2. The van der Waals surface area contributed by atoms with E-state index in [0.717, 1.165) is 23.0 Å². The molecule has 0 saturated carbocycles. The van der Waals surface area contributed by atoms with E-state index in [9.17, 15) is 4.79 Å². The molecule has 23 heavy (non-hydrogen) atoms. The highest BCUT2D eigenvalue weighted by Gasteiger charge is 2.10. The van der Waals surface area contributed by atoms with Gasteiger partial charge in [-0.05, 0) is 23.8 Å². The molecule has 112 valence electrons. The second-order valence-electron chi connectivity index (χ2n) is 4.83. The molecule has 0 fully saturated rings. The van der Waals surface area contributed by atoms with E-state index in [1.54, 1.807) is 18.6 Å². The molecule has 1 aromatic carbocycles. The van der Waals surface area contributed by atoms with Gasteiger partial charge in [0, 0.05) is 11.9 Å². The monoisotopic (exact) mass is 322 g/mol. The summed E-state index contributed by atoms with van der Waals surface area (Å²) in [5.41, 5.74) is 4.25. The average molecular weight is 322 g/mol. The number of carbonyl (C=O) groups is 1. The van der Waals surface area contributed by atoms with Gasteiger partial charge in [0.2, 0.25) is 0 Å². The Morgan fingerprint density at radius 2 is 2.00 bits per heavy atom. The first-order valence-electron chi connectivity index (χ1n) is 6.78. The van der Waals surface area contributed by atoms with Crippen molar-refractivity contribution < 1.29 is 4.79 Å². The van der Waals surface area contributed by atoms with Crippen molar-refractivity contribution >= 4 is 34.5 Å². The molecule has 0 atom stereocenters. The quantitative estimate of drug-likeness (QED) is 0.604. The lowest BCUT2D eigenvalue weighted by atomic mass is 10.1. The van der Waals surface area contributed by atoms with Crippen LogP contribution in [0, 0.1) is 0 Å². The molecule has 0 unspecified atom stereocenters. The number of aromatic amines is 1. The van der Waals surface area contributed by atoms with Gasteiger partial charge < -0.3 is 10.3 Å². The summed E-state index contributed by atoms with van der Waals surface area (Å²) < 4.78 is 8.10. The summed E-state index contributed by atoms with van der Waals surface area (Å²) in [4.78, 5) is 23.4. The van der Waals surface area contributed by atoms with Crippen LogP contribution in [0.4, 0.5) is 5.69 Å². The standard InChI is InChI=1S/C15H10N6OS/c22-15(10-5-12-14(17-6-10)21-23-20-12)19-11-3-1-9(2-4-11)13-7-16-8-18-13/h1-8H,(H,16,18)(H,19,22). The number of rotatable bonds is 3. The first-order valence-corrected chi connectivity index (χ1v) is 7.51. The largest absolute Gasteiger partial charge is 0.345 e. The van der Waals surface area contributed by atoms with Gasteiger partial charge in [-0.2, -0.15) is 8.75 Å². The number of nitrogens with zero attached hydrogens (tertiary/aromatic N) is 4.